The lowest BCUT2D eigenvalue weighted by atomic mass is 10.2. The lowest BCUT2D eigenvalue weighted by molar-refractivity contribution is -0.131. The van der Waals surface area contributed by atoms with Crippen molar-refractivity contribution in [1.29, 1.82) is 0 Å². The van der Waals surface area contributed by atoms with Crippen molar-refractivity contribution >= 4 is 22.8 Å². The molecule has 0 saturated heterocycles. The second kappa shape index (κ2) is 9.23. The Morgan fingerprint density at radius 3 is 2.41 bits per heavy atom. The smallest absolute Gasteiger partial charge is 0.251 e. The summed E-state index contributed by atoms with van der Waals surface area (Å²) in [5.41, 5.74) is 2.21. The van der Waals surface area contributed by atoms with Crippen LogP contribution in [0.2, 0.25) is 0 Å². The second-order valence-electron chi connectivity index (χ2n) is 6.58. The van der Waals surface area contributed by atoms with Crippen molar-refractivity contribution in [3.05, 3.63) is 59.9 Å². The quantitative estimate of drug-likeness (QED) is 0.637. The second-order valence-corrected chi connectivity index (χ2v) is 6.58. The van der Waals surface area contributed by atoms with E-state index in [1.165, 1.54) is 0 Å². The molecule has 152 valence electrons. The first-order valence-corrected chi connectivity index (χ1v) is 9.71. The average molecular weight is 394 g/mol. The molecule has 29 heavy (non-hydrogen) atoms. The highest BCUT2D eigenvalue weighted by Crippen LogP contribution is 2.17. The van der Waals surface area contributed by atoms with E-state index in [2.05, 4.69) is 10.3 Å². The SMILES string of the molecule is CCN(CC)C(=O)Cn1c(CNC(=O)c2ccc(OC)cc2)nc2ccccc21. The molecule has 0 aliphatic heterocycles. The minimum atomic E-state index is -0.207. The molecule has 3 rings (SSSR count). The highest BCUT2D eigenvalue weighted by molar-refractivity contribution is 5.94. The monoisotopic (exact) mass is 394 g/mol. The number of amides is 2. The Morgan fingerprint density at radius 1 is 1.07 bits per heavy atom. The van der Waals surface area contributed by atoms with Gasteiger partial charge in [-0.25, -0.2) is 4.98 Å². The maximum absolute atomic E-state index is 12.7. The summed E-state index contributed by atoms with van der Waals surface area (Å²) in [6, 6.07) is 14.6. The van der Waals surface area contributed by atoms with Crippen LogP contribution in [0.4, 0.5) is 0 Å². The number of methoxy groups -OCH3 is 1. The molecule has 7 heteroatoms. The van der Waals surface area contributed by atoms with E-state index in [4.69, 9.17) is 4.74 Å². The van der Waals surface area contributed by atoms with Crippen molar-refractivity contribution in [2.75, 3.05) is 20.2 Å². The zero-order valence-corrected chi connectivity index (χ0v) is 17.0. The van der Waals surface area contributed by atoms with Crippen molar-refractivity contribution in [2.24, 2.45) is 0 Å². The van der Waals surface area contributed by atoms with E-state index in [0.29, 0.717) is 30.2 Å². The van der Waals surface area contributed by atoms with Gasteiger partial charge in [0.05, 0.1) is 24.7 Å². The number of rotatable bonds is 8. The van der Waals surface area contributed by atoms with Crippen LogP contribution in [0.15, 0.2) is 48.5 Å². The summed E-state index contributed by atoms with van der Waals surface area (Å²) in [6.07, 6.45) is 0. The summed E-state index contributed by atoms with van der Waals surface area (Å²) in [7, 11) is 1.58. The van der Waals surface area contributed by atoms with Gasteiger partial charge in [-0.2, -0.15) is 0 Å². The van der Waals surface area contributed by atoms with Crippen LogP contribution in [-0.2, 0) is 17.9 Å². The number of hydrogen-bond donors (Lipinski definition) is 1. The van der Waals surface area contributed by atoms with Crippen molar-refractivity contribution < 1.29 is 14.3 Å². The molecular formula is C22H26N4O3. The van der Waals surface area contributed by atoms with Crippen LogP contribution < -0.4 is 10.1 Å². The molecule has 0 spiro atoms. The zero-order valence-electron chi connectivity index (χ0n) is 17.0. The van der Waals surface area contributed by atoms with E-state index in [1.54, 1.807) is 36.3 Å². The topological polar surface area (TPSA) is 76.5 Å². The van der Waals surface area contributed by atoms with Gasteiger partial charge in [-0.3, -0.25) is 9.59 Å². The van der Waals surface area contributed by atoms with E-state index in [0.717, 1.165) is 11.0 Å². The predicted molar refractivity (Wildman–Crippen MR) is 112 cm³/mol. The number of nitrogens with zero attached hydrogens (tertiary/aromatic N) is 3. The summed E-state index contributed by atoms with van der Waals surface area (Å²) in [4.78, 5) is 31.6. The lowest BCUT2D eigenvalue weighted by Crippen LogP contribution is -2.34. The number of para-hydroxylation sites is 2. The first-order chi connectivity index (χ1) is 14.1. The number of carbonyl (C=O) groups is 2. The van der Waals surface area contributed by atoms with Gasteiger partial charge in [-0.15, -0.1) is 0 Å². The number of hydrogen-bond acceptors (Lipinski definition) is 4. The maximum Gasteiger partial charge on any atom is 0.251 e. The van der Waals surface area contributed by atoms with Crippen molar-refractivity contribution in [3.8, 4) is 5.75 Å². The number of benzene rings is 2. The standard InChI is InChI=1S/C22H26N4O3/c1-4-25(5-2)21(27)15-26-19-9-7-6-8-18(19)24-20(26)14-23-22(28)16-10-12-17(29-3)13-11-16/h6-13H,4-5,14-15H2,1-3H3,(H,23,28). The molecule has 0 unspecified atom stereocenters. The number of imidazole rings is 1. The molecule has 0 atom stereocenters. The van der Waals surface area contributed by atoms with Gasteiger partial charge in [0.2, 0.25) is 5.91 Å². The fourth-order valence-corrected chi connectivity index (χ4v) is 3.25. The molecule has 2 aromatic carbocycles. The molecular weight excluding hydrogens is 368 g/mol. The summed E-state index contributed by atoms with van der Waals surface area (Å²) >= 11 is 0. The molecule has 0 aliphatic rings. The van der Waals surface area contributed by atoms with E-state index in [-0.39, 0.29) is 24.9 Å². The minimum Gasteiger partial charge on any atom is -0.497 e. The van der Waals surface area contributed by atoms with E-state index in [9.17, 15) is 9.59 Å². The van der Waals surface area contributed by atoms with Gasteiger partial charge >= 0.3 is 0 Å². The Bertz CT molecular complexity index is 991. The van der Waals surface area contributed by atoms with Gasteiger partial charge in [0, 0.05) is 18.7 Å². The molecule has 3 aromatic rings. The van der Waals surface area contributed by atoms with Gasteiger partial charge in [0.25, 0.3) is 5.91 Å². The largest absolute Gasteiger partial charge is 0.497 e. The Kier molecular flexibility index (Phi) is 6.49. The Morgan fingerprint density at radius 2 is 1.76 bits per heavy atom. The first-order valence-electron chi connectivity index (χ1n) is 9.71. The van der Waals surface area contributed by atoms with Crippen molar-refractivity contribution in [2.45, 2.75) is 26.9 Å². The number of aromatic nitrogens is 2. The van der Waals surface area contributed by atoms with E-state index >= 15 is 0 Å². The van der Waals surface area contributed by atoms with Gasteiger partial charge < -0.3 is 19.5 Å². The maximum atomic E-state index is 12.7. The highest BCUT2D eigenvalue weighted by atomic mass is 16.5. The van der Waals surface area contributed by atoms with Gasteiger partial charge in [0.1, 0.15) is 18.1 Å². The van der Waals surface area contributed by atoms with E-state index in [1.807, 2.05) is 42.7 Å². The predicted octanol–water partition coefficient (Wildman–Crippen LogP) is 2.84. The van der Waals surface area contributed by atoms with Crippen LogP contribution in [0, 0.1) is 0 Å². The molecule has 1 aromatic heterocycles. The molecule has 0 aliphatic carbocycles. The third kappa shape index (κ3) is 4.56. The van der Waals surface area contributed by atoms with Crippen molar-refractivity contribution in [3.63, 3.8) is 0 Å². The first kappa shape index (κ1) is 20.4. The van der Waals surface area contributed by atoms with Crippen LogP contribution in [-0.4, -0.2) is 46.5 Å². The third-order valence-electron chi connectivity index (χ3n) is 4.90. The van der Waals surface area contributed by atoms with Crippen LogP contribution in [0.5, 0.6) is 5.75 Å². The number of likely N-dealkylation sites (N-methyl/N-ethyl adjacent to an activating group) is 1. The number of nitrogens with one attached hydrogen (secondary N) is 1. The van der Waals surface area contributed by atoms with E-state index < -0.39 is 0 Å². The van der Waals surface area contributed by atoms with Crippen LogP contribution in [0.1, 0.15) is 30.0 Å². The third-order valence-corrected chi connectivity index (χ3v) is 4.90. The van der Waals surface area contributed by atoms with Crippen molar-refractivity contribution in [1.82, 2.24) is 19.8 Å². The molecule has 2 amide bonds. The van der Waals surface area contributed by atoms with Crippen LogP contribution >= 0.6 is 0 Å². The van der Waals surface area contributed by atoms with Gasteiger partial charge in [0.15, 0.2) is 0 Å². The Balaban J connectivity index is 1.80. The fourth-order valence-electron chi connectivity index (χ4n) is 3.25. The number of carbonyl (C=O) groups excluding carboxylic acids is 2. The summed E-state index contributed by atoms with van der Waals surface area (Å²) in [5, 5.41) is 2.90. The summed E-state index contributed by atoms with van der Waals surface area (Å²) < 4.78 is 7.00. The molecule has 0 fully saturated rings. The molecule has 1 N–H and O–H groups in total. The fraction of sp³-hybridized carbons (Fsp3) is 0.318. The van der Waals surface area contributed by atoms with Gasteiger partial charge in [-0.05, 0) is 50.2 Å². The average Bonchev–Trinajstić information content (AvgIpc) is 3.10. The zero-order chi connectivity index (χ0) is 20.8. The lowest BCUT2D eigenvalue weighted by Gasteiger charge is -2.20. The summed E-state index contributed by atoms with van der Waals surface area (Å²) in [6.45, 7) is 5.66. The Labute approximate surface area is 170 Å². The molecule has 7 nitrogen and oxygen atoms in total. The number of fused-ring (bicyclic) bond motifs is 1. The normalized spacial score (nSPS) is 10.7. The highest BCUT2D eigenvalue weighted by Gasteiger charge is 2.17. The van der Waals surface area contributed by atoms with Crippen LogP contribution in [0.3, 0.4) is 0 Å². The summed E-state index contributed by atoms with van der Waals surface area (Å²) in [5.74, 6) is 1.16. The molecule has 0 bridgehead atoms. The minimum absolute atomic E-state index is 0.0286. The van der Waals surface area contributed by atoms with Gasteiger partial charge in [-0.1, -0.05) is 12.1 Å². The molecule has 0 radical (unpaired) electrons. The number of ether oxygens (including phenoxy) is 1. The molecule has 1 heterocycles. The van der Waals surface area contributed by atoms with Crippen LogP contribution in [0.25, 0.3) is 11.0 Å². The molecule has 0 saturated carbocycles. The Hall–Kier alpha value is -3.35.